The molecule has 0 aliphatic heterocycles. The summed E-state index contributed by atoms with van der Waals surface area (Å²) in [5.41, 5.74) is 3.73. The number of rotatable bonds is 9. The SMILES string of the molecule is CCN(Cc1ccccc1)c1ccc(C(=O)NCCc2ccccc2OC)nc1. The molecule has 0 aliphatic rings. The van der Waals surface area contributed by atoms with Crippen molar-refractivity contribution in [1.82, 2.24) is 10.3 Å². The van der Waals surface area contributed by atoms with Crippen LogP contribution in [0.3, 0.4) is 0 Å². The molecule has 0 saturated heterocycles. The van der Waals surface area contributed by atoms with E-state index in [1.54, 1.807) is 19.4 Å². The molecule has 1 aromatic heterocycles. The van der Waals surface area contributed by atoms with Gasteiger partial charge in [0.1, 0.15) is 11.4 Å². The molecule has 1 N–H and O–H groups in total. The average molecular weight is 389 g/mol. The third-order valence-corrected chi connectivity index (χ3v) is 4.82. The molecule has 5 nitrogen and oxygen atoms in total. The van der Waals surface area contributed by atoms with Crippen molar-refractivity contribution in [1.29, 1.82) is 0 Å². The fraction of sp³-hybridized carbons (Fsp3) is 0.250. The number of para-hydroxylation sites is 1. The van der Waals surface area contributed by atoms with Gasteiger partial charge in [-0.2, -0.15) is 0 Å². The second-order valence-corrected chi connectivity index (χ2v) is 6.72. The highest BCUT2D eigenvalue weighted by Crippen LogP contribution is 2.18. The van der Waals surface area contributed by atoms with E-state index in [-0.39, 0.29) is 5.91 Å². The van der Waals surface area contributed by atoms with Crippen LogP contribution in [-0.2, 0) is 13.0 Å². The quantitative estimate of drug-likeness (QED) is 0.599. The number of amides is 1. The Kier molecular flexibility index (Phi) is 7.22. The lowest BCUT2D eigenvalue weighted by molar-refractivity contribution is 0.0949. The van der Waals surface area contributed by atoms with Gasteiger partial charge in [-0.25, -0.2) is 4.98 Å². The largest absolute Gasteiger partial charge is 0.496 e. The first-order valence-corrected chi connectivity index (χ1v) is 9.86. The fourth-order valence-electron chi connectivity index (χ4n) is 3.21. The van der Waals surface area contributed by atoms with Crippen molar-refractivity contribution in [2.75, 3.05) is 25.1 Å². The van der Waals surface area contributed by atoms with Crippen LogP contribution in [-0.4, -0.2) is 31.1 Å². The van der Waals surface area contributed by atoms with E-state index in [1.807, 2.05) is 48.5 Å². The molecule has 1 amide bonds. The number of aromatic nitrogens is 1. The van der Waals surface area contributed by atoms with Gasteiger partial charge in [-0.05, 0) is 42.7 Å². The molecule has 150 valence electrons. The van der Waals surface area contributed by atoms with Crippen LogP contribution in [0.15, 0.2) is 72.9 Å². The van der Waals surface area contributed by atoms with Gasteiger partial charge >= 0.3 is 0 Å². The van der Waals surface area contributed by atoms with Gasteiger partial charge in [-0.3, -0.25) is 4.79 Å². The molecular weight excluding hydrogens is 362 g/mol. The van der Waals surface area contributed by atoms with Crippen molar-refractivity contribution in [2.24, 2.45) is 0 Å². The summed E-state index contributed by atoms with van der Waals surface area (Å²) in [5, 5.41) is 2.93. The Morgan fingerprint density at radius 1 is 1.03 bits per heavy atom. The number of hydrogen-bond donors (Lipinski definition) is 1. The van der Waals surface area contributed by atoms with Crippen LogP contribution in [0.25, 0.3) is 0 Å². The smallest absolute Gasteiger partial charge is 0.269 e. The van der Waals surface area contributed by atoms with Crippen LogP contribution in [0, 0.1) is 0 Å². The molecule has 29 heavy (non-hydrogen) atoms. The van der Waals surface area contributed by atoms with Gasteiger partial charge in [0.2, 0.25) is 0 Å². The molecule has 5 heteroatoms. The van der Waals surface area contributed by atoms with E-state index in [1.165, 1.54) is 5.56 Å². The minimum absolute atomic E-state index is 0.169. The molecule has 0 fully saturated rings. The summed E-state index contributed by atoms with van der Waals surface area (Å²) < 4.78 is 5.35. The highest BCUT2D eigenvalue weighted by Gasteiger charge is 2.10. The van der Waals surface area contributed by atoms with E-state index in [0.29, 0.717) is 18.7 Å². The summed E-state index contributed by atoms with van der Waals surface area (Å²) in [6.45, 7) is 4.31. The Labute approximate surface area is 172 Å². The predicted molar refractivity (Wildman–Crippen MR) is 116 cm³/mol. The van der Waals surface area contributed by atoms with Crippen LogP contribution >= 0.6 is 0 Å². The maximum atomic E-state index is 12.4. The van der Waals surface area contributed by atoms with Crippen molar-refractivity contribution in [3.63, 3.8) is 0 Å². The van der Waals surface area contributed by atoms with Gasteiger partial charge in [0.25, 0.3) is 5.91 Å². The first-order chi connectivity index (χ1) is 14.2. The Balaban J connectivity index is 1.56. The Bertz CT molecular complexity index is 911. The van der Waals surface area contributed by atoms with Crippen molar-refractivity contribution in [3.8, 4) is 5.75 Å². The highest BCUT2D eigenvalue weighted by molar-refractivity contribution is 5.92. The van der Waals surface area contributed by atoms with Crippen LogP contribution in [0.1, 0.15) is 28.5 Å². The minimum atomic E-state index is -0.169. The summed E-state index contributed by atoms with van der Waals surface area (Å²) in [5.74, 6) is 0.667. The van der Waals surface area contributed by atoms with Gasteiger partial charge in [0, 0.05) is 19.6 Å². The number of carbonyl (C=O) groups is 1. The van der Waals surface area contributed by atoms with E-state index < -0.39 is 0 Å². The predicted octanol–water partition coefficient (Wildman–Crippen LogP) is 4.09. The van der Waals surface area contributed by atoms with E-state index in [0.717, 1.165) is 30.1 Å². The zero-order valence-electron chi connectivity index (χ0n) is 17.0. The Morgan fingerprint density at radius 3 is 2.48 bits per heavy atom. The van der Waals surface area contributed by atoms with Crippen LogP contribution in [0.2, 0.25) is 0 Å². The lowest BCUT2D eigenvalue weighted by Gasteiger charge is -2.23. The van der Waals surface area contributed by atoms with Gasteiger partial charge in [0.05, 0.1) is 19.0 Å². The molecule has 0 aliphatic carbocycles. The van der Waals surface area contributed by atoms with Gasteiger partial charge < -0.3 is 15.0 Å². The van der Waals surface area contributed by atoms with Crippen molar-refractivity contribution in [3.05, 3.63) is 89.7 Å². The molecule has 1 heterocycles. The minimum Gasteiger partial charge on any atom is -0.496 e. The number of hydrogen-bond acceptors (Lipinski definition) is 4. The molecule has 0 bridgehead atoms. The van der Waals surface area contributed by atoms with Crippen LogP contribution in [0.4, 0.5) is 5.69 Å². The topological polar surface area (TPSA) is 54.5 Å². The first kappa shape index (κ1) is 20.4. The van der Waals surface area contributed by atoms with E-state index in [2.05, 4.69) is 34.3 Å². The number of methoxy groups -OCH3 is 1. The zero-order valence-corrected chi connectivity index (χ0v) is 17.0. The Hall–Kier alpha value is -3.34. The average Bonchev–Trinajstić information content (AvgIpc) is 2.78. The van der Waals surface area contributed by atoms with E-state index >= 15 is 0 Å². The summed E-state index contributed by atoms with van der Waals surface area (Å²) in [4.78, 5) is 19.0. The van der Waals surface area contributed by atoms with Gasteiger partial charge in [-0.1, -0.05) is 48.5 Å². The molecule has 2 aromatic carbocycles. The molecule has 3 aromatic rings. The number of anilines is 1. The maximum Gasteiger partial charge on any atom is 0.269 e. The number of nitrogens with zero attached hydrogens (tertiary/aromatic N) is 2. The number of benzene rings is 2. The molecular formula is C24H27N3O2. The highest BCUT2D eigenvalue weighted by atomic mass is 16.5. The lowest BCUT2D eigenvalue weighted by atomic mass is 10.1. The van der Waals surface area contributed by atoms with Gasteiger partial charge in [0.15, 0.2) is 0 Å². The van der Waals surface area contributed by atoms with Gasteiger partial charge in [-0.15, -0.1) is 0 Å². The van der Waals surface area contributed by atoms with Crippen LogP contribution < -0.4 is 15.0 Å². The lowest BCUT2D eigenvalue weighted by Crippen LogP contribution is -2.27. The molecule has 0 radical (unpaired) electrons. The second-order valence-electron chi connectivity index (χ2n) is 6.72. The molecule has 0 spiro atoms. The summed E-state index contributed by atoms with van der Waals surface area (Å²) >= 11 is 0. The third-order valence-electron chi connectivity index (χ3n) is 4.82. The van der Waals surface area contributed by atoms with E-state index in [4.69, 9.17) is 4.74 Å². The number of carbonyl (C=O) groups excluding carboxylic acids is 1. The molecule has 0 unspecified atom stereocenters. The maximum absolute atomic E-state index is 12.4. The monoisotopic (exact) mass is 389 g/mol. The van der Waals surface area contributed by atoms with Crippen molar-refractivity contribution < 1.29 is 9.53 Å². The van der Waals surface area contributed by atoms with Crippen LogP contribution in [0.5, 0.6) is 5.75 Å². The Morgan fingerprint density at radius 2 is 1.79 bits per heavy atom. The molecule has 0 atom stereocenters. The number of ether oxygens (including phenoxy) is 1. The summed E-state index contributed by atoms with van der Waals surface area (Å²) in [6, 6.07) is 21.9. The summed E-state index contributed by atoms with van der Waals surface area (Å²) in [6.07, 6.45) is 2.47. The third kappa shape index (κ3) is 5.57. The molecule has 3 rings (SSSR count). The first-order valence-electron chi connectivity index (χ1n) is 9.86. The van der Waals surface area contributed by atoms with Crippen molar-refractivity contribution in [2.45, 2.75) is 19.9 Å². The standard InChI is InChI=1S/C24H27N3O2/c1-3-27(18-19-9-5-4-6-10-19)21-13-14-22(26-17-21)24(28)25-16-15-20-11-7-8-12-23(20)29-2/h4-14,17H,3,15-16,18H2,1-2H3,(H,25,28). The molecule has 0 saturated carbocycles. The number of pyridine rings is 1. The second kappa shape index (κ2) is 10.3. The van der Waals surface area contributed by atoms with E-state index in [9.17, 15) is 4.79 Å². The normalized spacial score (nSPS) is 10.4. The summed E-state index contributed by atoms with van der Waals surface area (Å²) in [7, 11) is 1.65. The van der Waals surface area contributed by atoms with Crippen molar-refractivity contribution >= 4 is 11.6 Å². The fourth-order valence-corrected chi connectivity index (χ4v) is 3.21. The zero-order chi connectivity index (χ0) is 20.5. The number of nitrogens with one attached hydrogen (secondary N) is 1.